The highest BCUT2D eigenvalue weighted by Crippen LogP contribution is 2.33. The van der Waals surface area contributed by atoms with Crippen LogP contribution in [0.3, 0.4) is 0 Å². The fraction of sp³-hybridized carbons (Fsp3) is 0.250. The number of rotatable bonds is 2. The fourth-order valence-corrected chi connectivity index (χ4v) is 2.90. The van der Waals surface area contributed by atoms with Gasteiger partial charge in [-0.05, 0) is 17.7 Å². The van der Waals surface area contributed by atoms with Crippen molar-refractivity contribution in [2.24, 2.45) is 0 Å². The van der Waals surface area contributed by atoms with E-state index in [4.69, 9.17) is 16.3 Å². The lowest BCUT2D eigenvalue weighted by molar-refractivity contribution is 0.352. The molecule has 2 heterocycles. The lowest BCUT2D eigenvalue weighted by atomic mass is 10.1. The first-order valence-electron chi connectivity index (χ1n) is 5.32. The molecule has 2 aromatic rings. The molecule has 17 heavy (non-hydrogen) atoms. The van der Waals surface area contributed by atoms with Crippen molar-refractivity contribution in [3.8, 4) is 5.75 Å². The number of ether oxygens (including phenoxy) is 1. The number of hydrogen-bond donors (Lipinski definition) is 0. The van der Waals surface area contributed by atoms with Crippen LogP contribution in [0.2, 0.25) is 5.02 Å². The van der Waals surface area contributed by atoms with E-state index in [9.17, 15) is 4.79 Å². The van der Waals surface area contributed by atoms with Crippen molar-refractivity contribution in [3.63, 3.8) is 0 Å². The third-order valence-electron chi connectivity index (χ3n) is 2.81. The highest BCUT2D eigenvalue weighted by atomic mass is 35.5. The van der Waals surface area contributed by atoms with Crippen molar-refractivity contribution in [1.82, 2.24) is 4.57 Å². The van der Waals surface area contributed by atoms with Gasteiger partial charge in [-0.1, -0.05) is 22.9 Å². The van der Waals surface area contributed by atoms with Gasteiger partial charge >= 0.3 is 4.87 Å². The van der Waals surface area contributed by atoms with Gasteiger partial charge < -0.3 is 9.30 Å². The normalized spacial score (nSPS) is 13.5. The van der Waals surface area contributed by atoms with Crippen LogP contribution in [0, 0.1) is 0 Å². The Morgan fingerprint density at radius 3 is 3.12 bits per heavy atom. The summed E-state index contributed by atoms with van der Waals surface area (Å²) in [6.07, 6.45) is 2.68. The number of hydrogen-bond acceptors (Lipinski definition) is 3. The van der Waals surface area contributed by atoms with Crippen molar-refractivity contribution in [2.45, 2.75) is 13.0 Å². The lowest BCUT2D eigenvalue weighted by Crippen LogP contribution is -2.13. The van der Waals surface area contributed by atoms with Crippen molar-refractivity contribution in [3.05, 3.63) is 49.5 Å². The van der Waals surface area contributed by atoms with E-state index in [-0.39, 0.29) is 4.87 Å². The summed E-state index contributed by atoms with van der Waals surface area (Å²) in [6.45, 7) is 1.21. The highest BCUT2D eigenvalue weighted by molar-refractivity contribution is 7.07. The first-order valence-corrected chi connectivity index (χ1v) is 6.58. The number of fused-ring (bicyclic) bond motifs is 1. The number of thiazole rings is 1. The molecule has 1 aliphatic rings. The molecule has 0 atom stereocenters. The minimum Gasteiger partial charge on any atom is -0.493 e. The molecule has 0 N–H and O–H groups in total. The first kappa shape index (κ1) is 10.9. The third-order valence-corrected chi connectivity index (χ3v) is 3.72. The molecule has 0 fully saturated rings. The topological polar surface area (TPSA) is 31.2 Å². The molecule has 1 aromatic carbocycles. The van der Waals surface area contributed by atoms with Gasteiger partial charge in [0.2, 0.25) is 0 Å². The summed E-state index contributed by atoms with van der Waals surface area (Å²) in [5.74, 6) is 0.896. The second kappa shape index (κ2) is 4.20. The SMILES string of the molecule is O=c1sccn1Cc1cc(Cl)cc2c1OCC2. The Balaban J connectivity index is 2.04. The molecule has 0 unspecified atom stereocenters. The Hall–Kier alpha value is -1.26. The van der Waals surface area contributed by atoms with Gasteiger partial charge in [-0.2, -0.15) is 0 Å². The van der Waals surface area contributed by atoms with Gasteiger partial charge in [0, 0.05) is 28.6 Å². The van der Waals surface area contributed by atoms with E-state index >= 15 is 0 Å². The summed E-state index contributed by atoms with van der Waals surface area (Å²) in [5.41, 5.74) is 2.11. The molecular weight excluding hydrogens is 258 g/mol. The van der Waals surface area contributed by atoms with E-state index in [2.05, 4.69) is 0 Å². The van der Waals surface area contributed by atoms with Gasteiger partial charge in [-0.25, -0.2) is 0 Å². The van der Waals surface area contributed by atoms with Gasteiger partial charge in [-0.15, -0.1) is 0 Å². The fourth-order valence-electron chi connectivity index (χ4n) is 2.05. The molecule has 3 nitrogen and oxygen atoms in total. The third kappa shape index (κ3) is 1.98. The van der Waals surface area contributed by atoms with Gasteiger partial charge in [0.25, 0.3) is 0 Å². The second-order valence-electron chi connectivity index (χ2n) is 3.95. The average molecular weight is 268 g/mol. The van der Waals surface area contributed by atoms with E-state index in [1.165, 1.54) is 11.3 Å². The van der Waals surface area contributed by atoms with Crippen LogP contribution in [0.15, 0.2) is 28.5 Å². The maximum absolute atomic E-state index is 11.5. The Kier molecular flexibility index (Phi) is 2.68. The molecule has 0 saturated carbocycles. The van der Waals surface area contributed by atoms with E-state index in [1.807, 2.05) is 12.1 Å². The van der Waals surface area contributed by atoms with Crippen LogP contribution in [0.25, 0.3) is 0 Å². The molecule has 0 saturated heterocycles. The van der Waals surface area contributed by atoms with Crippen molar-refractivity contribution < 1.29 is 4.74 Å². The maximum Gasteiger partial charge on any atom is 0.307 e. The second-order valence-corrected chi connectivity index (χ2v) is 5.24. The Morgan fingerprint density at radius 1 is 1.47 bits per heavy atom. The van der Waals surface area contributed by atoms with Gasteiger partial charge in [-0.3, -0.25) is 4.79 Å². The largest absolute Gasteiger partial charge is 0.493 e. The summed E-state index contributed by atoms with van der Waals surface area (Å²) < 4.78 is 7.27. The number of halogens is 1. The predicted octanol–water partition coefficient (Wildman–Crippen LogP) is 2.55. The van der Waals surface area contributed by atoms with Gasteiger partial charge in [0.1, 0.15) is 5.75 Å². The summed E-state index contributed by atoms with van der Waals surface area (Å²) in [5, 5.41) is 2.49. The molecule has 0 amide bonds. The van der Waals surface area contributed by atoms with Gasteiger partial charge in [0.05, 0.1) is 13.2 Å². The zero-order chi connectivity index (χ0) is 11.8. The molecule has 5 heteroatoms. The van der Waals surface area contributed by atoms with Crippen LogP contribution in [0.5, 0.6) is 5.75 Å². The lowest BCUT2D eigenvalue weighted by Gasteiger charge is -2.09. The van der Waals surface area contributed by atoms with E-state index < -0.39 is 0 Å². The van der Waals surface area contributed by atoms with Crippen molar-refractivity contribution >= 4 is 22.9 Å². The minimum atomic E-state index is 0.0386. The van der Waals surface area contributed by atoms with Crippen LogP contribution in [-0.4, -0.2) is 11.2 Å². The predicted molar refractivity (Wildman–Crippen MR) is 68.3 cm³/mol. The van der Waals surface area contributed by atoms with E-state index in [0.717, 1.165) is 23.3 Å². The number of aromatic nitrogens is 1. The molecule has 0 radical (unpaired) electrons. The molecule has 0 bridgehead atoms. The Bertz CT molecular complexity index is 617. The monoisotopic (exact) mass is 267 g/mol. The van der Waals surface area contributed by atoms with Gasteiger partial charge in [0.15, 0.2) is 0 Å². The van der Waals surface area contributed by atoms with Crippen LogP contribution < -0.4 is 9.61 Å². The number of benzene rings is 1. The maximum atomic E-state index is 11.5. The van der Waals surface area contributed by atoms with Crippen molar-refractivity contribution in [2.75, 3.05) is 6.61 Å². The van der Waals surface area contributed by atoms with Crippen molar-refractivity contribution in [1.29, 1.82) is 0 Å². The van der Waals surface area contributed by atoms with Crippen LogP contribution >= 0.6 is 22.9 Å². The molecule has 88 valence electrons. The molecular formula is C12H10ClNO2S. The molecule has 1 aliphatic heterocycles. The molecule has 0 spiro atoms. The van der Waals surface area contributed by atoms with Crippen LogP contribution in [-0.2, 0) is 13.0 Å². The number of nitrogens with zero attached hydrogens (tertiary/aromatic N) is 1. The Morgan fingerprint density at radius 2 is 2.35 bits per heavy atom. The molecule has 1 aromatic heterocycles. The summed E-state index contributed by atoms with van der Waals surface area (Å²) in [4.78, 5) is 11.6. The summed E-state index contributed by atoms with van der Waals surface area (Å²) in [7, 11) is 0. The summed E-state index contributed by atoms with van der Waals surface area (Å²) >= 11 is 7.26. The molecule has 0 aliphatic carbocycles. The highest BCUT2D eigenvalue weighted by Gasteiger charge is 2.18. The van der Waals surface area contributed by atoms with Crippen LogP contribution in [0.4, 0.5) is 0 Å². The smallest absolute Gasteiger partial charge is 0.307 e. The quantitative estimate of drug-likeness (QED) is 0.837. The average Bonchev–Trinajstić information content (AvgIpc) is 2.88. The Labute approximate surface area is 107 Å². The minimum absolute atomic E-state index is 0.0386. The van der Waals surface area contributed by atoms with E-state index in [0.29, 0.717) is 18.2 Å². The van der Waals surface area contributed by atoms with Crippen LogP contribution in [0.1, 0.15) is 11.1 Å². The summed E-state index contributed by atoms with van der Waals surface area (Å²) in [6, 6.07) is 3.81. The zero-order valence-corrected chi connectivity index (χ0v) is 10.6. The zero-order valence-electron chi connectivity index (χ0n) is 8.98. The first-order chi connectivity index (χ1) is 8.24. The van der Waals surface area contributed by atoms with E-state index in [1.54, 1.807) is 16.1 Å². The molecule has 3 rings (SSSR count). The standard InChI is InChI=1S/C12H10ClNO2S/c13-10-5-8-1-3-16-11(8)9(6-10)7-14-2-4-17-12(14)15/h2,4-6H,1,3,7H2.